The predicted molar refractivity (Wildman–Crippen MR) is 106 cm³/mol. The molecule has 1 aliphatic rings. The summed E-state index contributed by atoms with van der Waals surface area (Å²) in [6.45, 7) is 3.78. The first kappa shape index (κ1) is 21.4. The van der Waals surface area contributed by atoms with Gasteiger partial charge in [0.2, 0.25) is 0 Å². The third-order valence-corrected chi connectivity index (χ3v) is 4.63. The van der Waals surface area contributed by atoms with Crippen LogP contribution in [0.1, 0.15) is 36.2 Å². The molecule has 1 fully saturated rings. The highest BCUT2D eigenvalue weighted by molar-refractivity contribution is 5.80. The number of alkyl halides is 3. The van der Waals surface area contributed by atoms with Gasteiger partial charge in [-0.25, -0.2) is 9.78 Å². The molecule has 1 N–H and O–H groups in total. The number of benzene rings is 1. The van der Waals surface area contributed by atoms with Crippen molar-refractivity contribution in [2.75, 3.05) is 7.11 Å². The van der Waals surface area contributed by atoms with Crippen LogP contribution >= 0.6 is 0 Å². The summed E-state index contributed by atoms with van der Waals surface area (Å²) in [5, 5.41) is 2.50. The first-order valence-electron chi connectivity index (χ1n) is 9.29. The van der Waals surface area contributed by atoms with Crippen LogP contribution < -0.4 is 10.1 Å². The van der Waals surface area contributed by atoms with E-state index in [9.17, 15) is 18.0 Å². The van der Waals surface area contributed by atoms with Crippen LogP contribution in [0.3, 0.4) is 0 Å². The third kappa shape index (κ3) is 5.62. The Kier molecular flexibility index (Phi) is 6.44. The van der Waals surface area contributed by atoms with E-state index in [0.29, 0.717) is 23.6 Å². The molecule has 2 aromatic rings. The quantitative estimate of drug-likeness (QED) is 0.702. The van der Waals surface area contributed by atoms with Crippen molar-refractivity contribution in [3.63, 3.8) is 0 Å². The van der Waals surface area contributed by atoms with Crippen LogP contribution in [-0.4, -0.2) is 24.3 Å². The molecule has 30 heavy (non-hydrogen) atoms. The van der Waals surface area contributed by atoms with Gasteiger partial charge in [-0.2, -0.15) is 13.2 Å². The smallest absolute Gasteiger partial charge is 0.433 e. The van der Waals surface area contributed by atoms with E-state index < -0.39 is 18.0 Å². The first-order valence-corrected chi connectivity index (χ1v) is 9.29. The predicted octanol–water partition coefficient (Wildman–Crippen LogP) is 5.44. The molecule has 0 aliphatic heterocycles. The van der Waals surface area contributed by atoms with E-state index in [4.69, 9.17) is 4.74 Å². The molecular formula is C22H21F3N2O3. The number of nitrogens with zero attached hydrogens (tertiary/aromatic N) is 1. The van der Waals surface area contributed by atoms with Gasteiger partial charge >= 0.3 is 12.3 Å². The highest BCUT2D eigenvalue weighted by Gasteiger charge is 2.32. The molecule has 1 atom stereocenters. The summed E-state index contributed by atoms with van der Waals surface area (Å²) in [6.07, 6.45) is -1.30. The van der Waals surface area contributed by atoms with Crippen LogP contribution in [0.5, 0.6) is 5.75 Å². The molecule has 0 spiro atoms. The summed E-state index contributed by atoms with van der Waals surface area (Å²) in [5.74, 6) is 0.660. The van der Waals surface area contributed by atoms with Crippen LogP contribution in [0.15, 0.2) is 54.6 Å². The second kappa shape index (κ2) is 9.02. The number of hydrogen-bond donors (Lipinski definition) is 1. The van der Waals surface area contributed by atoms with E-state index in [2.05, 4.69) is 21.6 Å². The number of amides is 1. The molecular weight excluding hydrogens is 397 g/mol. The topological polar surface area (TPSA) is 60.5 Å². The average molecular weight is 418 g/mol. The zero-order valence-corrected chi connectivity index (χ0v) is 16.3. The lowest BCUT2D eigenvalue weighted by atomic mass is 10.1. The van der Waals surface area contributed by atoms with E-state index in [1.807, 2.05) is 0 Å². The largest absolute Gasteiger partial charge is 0.490 e. The van der Waals surface area contributed by atoms with Gasteiger partial charge in [0.25, 0.3) is 0 Å². The number of alkyl carbamates (subject to hydrolysis) is 1. The number of nitrogens with one attached hydrogen (secondary N) is 1. The van der Waals surface area contributed by atoms with Crippen molar-refractivity contribution in [2.45, 2.75) is 31.5 Å². The monoisotopic (exact) mass is 418 g/mol. The van der Waals surface area contributed by atoms with Gasteiger partial charge in [0.15, 0.2) is 0 Å². The van der Waals surface area contributed by atoms with Crippen molar-refractivity contribution >= 4 is 17.9 Å². The summed E-state index contributed by atoms with van der Waals surface area (Å²) in [6, 6.07) is 11.0. The average Bonchev–Trinajstić information content (AvgIpc) is 3.14. The van der Waals surface area contributed by atoms with E-state index in [1.165, 1.54) is 13.2 Å². The molecule has 1 aromatic heterocycles. The molecule has 3 rings (SSSR count). The molecule has 0 bridgehead atoms. The number of carbonyl (C=O) groups is 1. The van der Waals surface area contributed by atoms with E-state index in [1.54, 1.807) is 36.4 Å². The highest BCUT2D eigenvalue weighted by atomic mass is 19.4. The Labute approximate surface area is 172 Å². The normalized spacial score (nSPS) is 17.6. The fourth-order valence-electron chi connectivity index (χ4n) is 3.15. The summed E-state index contributed by atoms with van der Waals surface area (Å²) >= 11 is 0. The molecule has 1 aliphatic carbocycles. The number of hydrogen-bond acceptors (Lipinski definition) is 4. The van der Waals surface area contributed by atoms with E-state index >= 15 is 0 Å². The van der Waals surface area contributed by atoms with Gasteiger partial charge in [-0.1, -0.05) is 18.2 Å². The van der Waals surface area contributed by atoms with Crippen molar-refractivity contribution in [1.29, 1.82) is 0 Å². The Morgan fingerprint density at radius 1 is 1.23 bits per heavy atom. The van der Waals surface area contributed by atoms with Crippen molar-refractivity contribution in [3.05, 3.63) is 71.6 Å². The Morgan fingerprint density at radius 3 is 2.63 bits per heavy atom. The Balaban J connectivity index is 1.59. The van der Waals surface area contributed by atoms with Crippen molar-refractivity contribution < 1.29 is 27.4 Å². The first-order chi connectivity index (χ1) is 14.2. The number of aromatic nitrogens is 1. The lowest BCUT2D eigenvalue weighted by Gasteiger charge is -2.14. The SMILES string of the molecule is C=C(NC(=O)OC)c1ccc(O[C@@H]2CC/C(=C/c3cccc(C(F)(F)F)n3)C2)cc1. The minimum atomic E-state index is -4.46. The number of carbonyl (C=O) groups excluding carboxylic acids is 1. The van der Waals surface area contributed by atoms with Gasteiger partial charge in [-0.05, 0) is 60.9 Å². The Bertz CT molecular complexity index is 953. The maximum absolute atomic E-state index is 12.8. The second-order valence-electron chi connectivity index (χ2n) is 6.85. The molecule has 0 radical (unpaired) electrons. The van der Waals surface area contributed by atoms with Crippen LogP contribution in [0.2, 0.25) is 0 Å². The zero-order valence-electron chi connectivity index (χ0n) is 16.3. The Morgan fingerprint density at radius 2 is 1.97 bits per heavy atom. The van der Waals surface area contributed by atoms with Gasteiger partial charge in [-0.15, -0.1) is 0 Å². The van der Waals surface area contributed by atoms with E-state index in [0.717, 1.165) is 30.0 Å². The molecule has 1 amide bonds. The molecule has 0 saturated heterocycles. The molecule has 158 valence electrons. The minimum absolute atomic E-state index is 0.0655. The third-order valence-electron chi connectivity index (χ3n) is 4.63. The number of pyridine rings is 1. The van der Waals surface area contributed by atoms with Crippen molar-refractivity contribution in [2.24, 2.45) is 0 Å². The Hall–Kier alpha value is -3.29. The molecule has 0 unspecified atom stereocenters. The fourth-order valence-corrected chi connectivity index (χ4v) is 3.15. The van der Waals surface area contributed by atoms with Crippen LogP contribution in [-0.2, 0) is 10.9 Å². The zero-order chi connectivity index (χ0) is 21.7. The maximum atomic E-state index is 12.8. The number of halogens is 3. The standard InChI is InChI=1S/C22H21F3N2O3/c1-14(26-21(28)29-2)16-7-10-18(11-8-16)30-19-9-6-15(13-19)12-17-4-3-5-20(27-17)22(23,24)25/h3-5,7-8,10-12,19H,1,6,9,13H2,2H3,(H,26,28)/b15-12-/t19-/m1/s1. The molecule has 8 heteroatoms. The second-order valence-corrected chi connectivity index (χ2v) is 6.85. The highest BCUT2D eigenvalue weighted by Crippen LogP contribution is 2.31. The molecule has 5 nitrogen and oxygen atoms in total. The summed E-state index contributed by atoms with van der Waals surface area (Å²) in [7, 11) is 1.27. The summed E-state index contributed by atoms with van der Waals surface area (Å²) in [4.78, 5) is 14.9. The van der Waals surface area contributed by atoms with Crippen molar-refractivity contribution in [1.82, 2.24) is 10.3 Å². The van der Waals surface area contributed by atoms with Gasteiger partial charge in [-0.3, -0.25) is 5.32 Å². The van der Waals surface area contributed by atoms with Gasteiger partial charge in [0.1, 0.15) is 17.5 Å². The van der Waals surface area contributed by atoms with Gasteiger partial charge < -0.3 is 9.47 Å². The molecule has 1 saturated carbocycles. The maximum Gasteiger partial charge on any atom is 0.433 e. The number of ether oxygens (including phenoxy) is 2. The minimum Gasteiger partial charge on any atom is -0.490 e. The summed E-state index contributed by atoms with van der Waals surface area (Å²) < 4.78 is 48.9. The lowest BCUT2D eigenvalue weighted by molar-refractivity contribution is -0.141. The van der Waals surface area contributed by atoms with Gasteiger partial charge in [0, 0.05) is 12.1 Å². The lowest BCUT2D eigenvalue weighted by Crippen LogP contribution is -2.20. The number of methoxy groups -OCH3 is 1. The van der Waals surface area contributed by atoms with Crippen molar-refractivity contribution in [3.8, 4) is 5.75 Å². The van der Waals surface area contributed by atoms with Gasteiger partial charge in [0.05, 0.1) is 12.8 Å². The molecule has 1 heterocycles. The molecule has 1 aromatic carbocycles. The fraction of sp³-hybridized carbons (Fsp3) is 0.273. The summed E-state index contributed by atoms with van der Waals surface area (Å²) in [5.41, 5.74) is 1.52. The van der Waals surface area contributed by atoms with Crippen LogP contribution in [0.25, 0.3) is 11.8 Å². The van der Waals surface area contributed by atoms with Crippen LogP contribution in [0.4, 0.5) is 18.0 Å². The number of rotatable bonds is 5. The van der Waals surface area contributed by atoms with E-state index in [-0.39, 0.29) is 6.10 Å². The van der Waals surface area contributed by atoms with Crippen LogP contribution in [0, 0.1) is 0 Å².